The number of nitrogens with zero attached hydrogens (tertiary/aromatic N) is 1. The highest BCUT2D eigenvalue weighted by Crippen LogP contribution is 2.51. The van der Waals surface area contributed by atoms with Crippen LogP contribution in [0.5, 0.6) is 0 Å². The maximum Gasteiger partial charge on any atom is 0.228 e. The van der Waals surface area contributed by atoms with E-state index in [1.165, 1.54) is 19.4 Å². The molecule has 1 N–H and O–H groups in total. The fourth-order valence-electron chi connectivity index (χ4n) is 3.48. The number of carbonyl (C=O) groups excluding carboxylic acids is 1. The lowest BCUT2D eigenvalue weighted by Gasteiger charge is -2.35. The number of rotatable bonds is 6. The minimum atomic E-state index is 0.0724. The first-order chi connectivity index (χ1) is 9.23. The number of amides is 1. The summed E-state index contributed by atoms with van der Waals surface area (Å²) in [5, 5.41) is 3.68. The Hall–Kier alpha value is -0.570. The van der Waals surface area contributed by atoms with Crippen molar-refractivity contribution in [2.75, 3.05) is 19.6 Å². The first kappa shape index (κ1) is 13.4. The summed E-state index contributed by atoms with van der Waals surface area (Å²) >= 11 is 0. The van der Waals surface area contributed by atoms with Crippen molar-refractivity contribution in [3.8, 4) is 0 Å². The van der Waals surface area contributed by atoms with E-state index in [1.807, 2.05) is 0 Å². The molecule has 3 fully saturated rings. The minimum absolute atomic E-state index is 0.0724. The molecule has 1 saturated heterocycles. The van der Waals surface area contributed by atoms with E-state index in [1.54, 1.807) is 0 Å². The molecule has 0 radical (unpaired) electrons. The molecular weight excluding hydrogens is 236 g/mol. The number of likely N-dealkylation sites (tertiary alicyclic amines) is 1. The third kappa shape index (κ3) is 3.13. The van der Waals surface area contributed by atoms with Gasteiger partial charge in [0, 0.05) is 24.5 Å². The van der Waals surface area contributed by atoms with Gasteiger partial charge in [0.25, 0.3) is 0 Å². The van der Waals surface area contributed by atoms with Crippen LogP contribution in [0.25, 0.3) is 0 Å². The molecule has 0 bridgehead atoms. The summed E-state index contributed by atoms with van der Waals surface area (Å²) in [5.74, 6) is 1.42. The average Bonchev–Trinajstić information content (AvgIpc) is 3.32. The molecule has 3 heteroatoms. The van der Waals surface area contributed by atoms with E-state index in [9.17, 15) is 4.79 Å². The molecule has 2 saturated carbocycles. The molecule has 2 aliphatic carbocycles. The number of hydrogen-bond acceptors (Lipinski definition) is 2. The van der Waals surface area contributed by atoms with Crippen molar-refractivity contribution in [3.05, 3.63) is 0 Å². The van der Waals surface area contributed by atoms with Crippen LogP contribution in [-0.2, 0) is 4.79 Å². The Bertz CT molecular complexity index is 326. The van der Waals surface area contributed by atoms with Gasteiger partial charge >= 0.3 is 0 Å². The molecule has 0 atom stereocenters. The van der Waals surface area contributed by atoms with E-state index in [-0.39, 0.29) is 5.41 Å². The highest BCUT2D eigenvalue weighted by molar-refractivity contribution is 5.85. The summed E-state index contributed by atoms with van der Waals surface area (Å²) in [4.78, 5) is 14.7. The lowest BCUT2D eigenvalue weighted by atomic mass is 9.96. The molecule has 0 aromatic carbocycles. The quantitative estimate of drug-likeness (QED) is 0.799. The molecule has 0 unspecified atom stereocenters. The Morgan fingerprint density at radius 3 is 2.42 bits per heavy atom. The van der Waals surface area contributed by atoms with Gasteiger partial charge in [-0.25, -0.2) is 0 Å². The van der Waals surface area contributed by atoms with Crippen molar-refractivity contribution >= 4 is 5.91 Å². The highest BCUT2D eigenvalue weighted by Gasteiger charge is 2.50. The Labute approximate surface area is 117 Å². The standard InChI is InChI=1S/C16H28N2O/c1-2-7-16(8-9-16)15(19)18-10-5-14(6-11-18)17-12-13-3-4-13/h13-14,17H,2-12H2,1H3. The van der Waals surface area contributed by atoms with Crippen molar-refractivity contribution in [2.24, 2.45) is 11.3 Å². The first-order valence-corrected chi connectivity index (χ1v) is 8.26. The van der Waals surface area contributed by atoms with Crippen LogP contribution in [-0.4, -0.2) is 36.5 Å². The molecule has 3 nitrogen and oxygen atoms in total. The van der Waals surface area contributed by atoms with Crippen LogP contribution < -0.4 is 5.32 Å². The number of hydrogen-bond donors (Lipinski definition) is 1. The molecule has 0 spiro atoms. The van der Waals surface area contributed by atoms with Gasteiger partial charge in [-0.05, 0) is 57.4 Å². The number of piperidine rings is 1. The fourth-order valence-corrected chi connectivity index (χ4v) is 3.48. The molecule has 0 aromatic rings. The van der Waals surface area contributed by atoms with E-state index in [0.717, 1.165) is 57.5 Å². The predicted molar refractivity (Wildman–Crippen MR) is 76.9 cm³/mol. The van der Waals surface area contributed by atoms with Crippen molar-refractivity contribution < 1.29 is 4.79 Å². The van der Waals surface area contributed by atoms with Gasteiger partial charge in [-0.15, -0.1) is 0 Å². The zero-order valence-electron chi connectivity index (χ0n) is 12.3. The summed E-state index contributed by atoms with van der Waals surface area (Å²) in [7, 11) is 0. The van der Waals surface area contributed by atoms with Crippen LogP contribution in [0.1, 0.15) is 58.3 Å². The summed E-state index contributed by atoms with van der Waals surface area (Å²) in [6.45, 7) is 5.36. The second-order valence-corrected chi connectivity index (χ2v) is 6.95. The summed E-state index contributed by atoms with van der Waals surface area (Å²) in [6, 6.07) is 0.658. The SMILES string of the molecule is CCCC1(C(=O)N2CCC(NCC3CC3)CC2)CC1. The minimum Gasteiger partial charge on any atom is -0.342 e. The smallest absolute Gasteiger partial charge is 0.228 e. The molecule has 3 rings (SSSR count). The van der Waals surface area contributed by atoms with Crippen molar-refractivity contribution in [2.45, 2.75) is 64.3 Å². The molecule has 1 amide bonds. The monoisotopic (exact) mass is 264 g/mol. The van der Waals surface area contributed by atoms with Gasteiger partial charge in [0.1, 0.15) is 0 Å². The third-order valence-corrected chi connectivity index (χ3v) is 5.21. The zero-order valence-corrected chi connectivity index (χ0v) is 12.3. The molecular formula is C16H28N2O. The van der Waals surface area contributed by atoms with E-state index < -0.39 is 0 Å². The molecule has 0 aromatic heterocycles. The Morgan fingerprint density at radius 2 is 1.89 bits per heavy atom. The van der Waals surface area contributed by atoms with E-state index in [4.69, 9.17) is 0 Å². The van der Waals surface area contributed by atoms with Gasteiger partial charge in [0.15, 0.2) is 0 Å². The van der Waals surface area contributed by atoms with Gasteiger partial charge < -0.3 is 10.2 Å². The molecule has 1 aliphatic heterocycles. The largest absolute Gasteiger partial charge is 0.342 e. The Kier molecular flexibility index (Phi) is 3.84. The van der Waals surface area contributed by atoms with Crippen LogP contribution in [0.3, 0.4) is 0 Å². The zero-order chi connectivity index (χ0) is 13.3. The average molecular weight is 264 g/mol. The van der Waals surface area contributed by atoms with Crippen molar-refractivity contribution in [1.29, 1.82) is 0 Å². The fraction of sp³-hybridized carbons (Fsp3) is 0.938. The topological polar surface area (TPSA) is 32.3 Å². The van der Waals surface area contributed by atoms with Gasteiger partial charge in [0.05, 0.1) is 0 Å². The van der Waals surface area contributed by atoms with Gasteiger partial charge in [-0.1, -0.05) is 13.3 Å². The second kappa shape index (κ2) is 5.43. The van der Waals surface area contributed by atoms with Crippen LogP contribution in [0.2, 0.25) is 0 Å². The van der Waals surface area contributed by atoms with E-state index in [2.05, 4.69) is 17.1 Å². The van der Waals surface area contributed by atoms with Crippen LogP contribution in [0.4, 0.5) is 0 Å². The molecule has 19 heavy (non-hydrogen) atoms. The second-order valence-electron chi connectivity index (χ2n) is 6.95. The number of nitrogens with one attached hydrogen (secondary N) is 1. The normalized spacial score (nSPS) is 26.5. The van der Waals surface area contributed by atoms with E-state index in [0.29, 0.717) is 11.9 Å². The maximum atomic E-state index is 12.6. The predicted octanol–water partition coefficient (Wildman–Crippen LogP) is 2.56. The molecule has 1 heterocycles. The van der Waals surface area contributed by atoms with Gasteiger partial charge in [0.2, 0.25) is 5.91 Å². The maximum absolute atomic E-state index is 12.6. The van der Waals surface area contributed by atoms with Crippen LogP contribution >= 0.6 is 0 Å². The lowest BCUT2D eigenvalue weighted by molar-refractivity contribution is -0.138. The number of carbonyl (C=O) groups is 1. The molecule has 3 aliphatic rings. The Balaban J connectivity index is 1.43. The van der Waals surface area contributed by atoms with E-state index >= 15 is 0 Å². The lowest BCUT2D eigenvalue weighted by Crippen LogP contribution is -2.47. The van der Waals surface area contributed by atoms with Crippen molar-refractivity contribution in [1.82, 2.24) is 10.2 Å². The summed E-state index contributed by atoms with van der Waals surface area (Å²) in [6.07, 6.45) is 9.67. The highest BCUT2D eigenvalue weighted by atomic mass is 16.2. The third-order valence-electron chi connectivity index (χ3n) is 5.21. The van der Waals surface area contributed by atoms with Crippen molar-refractivity contribution in [3.63, 3.8) is 0 Å². The summed E-state index contributed by atoms with van der Waals surface area (Å²) < 4.78 is 0. The first-order valence-electron chi connectivity index (χ1n) is 8.26. The van der Waals surface area contributed by atoms with Gasteiger partial charge in [-0.2, -0.15) is 0 Å². The molecule has 108 valence electrons. The van der Waals surface area contributed by atoms with Crippen LogP contribution in [0.15, 0.2) is 0 Å². The van der Waals surface area contributed by atoms with Gasteiger partial charge in [-0.3, -0.25) is 4.79 Å². The summed E-state index contributed by atoms with van der Waals surface area (Å²) in [5.41, 5.74) is 0.0724. The van der Waals surface area contributed by atoms with Crippen LogP contribution in [0, 0.1) is 11.3 Å². The Morgan fingerprint density at radius 1 is 1.21 bits per heavy atom.